The first-order valence-electron chi connectivity index (χ1n) is 14.1. The number of amides is 1. The van der Waals surface area contributed by atoms with E-state index in [2.05, 4.69) is 71.4 Å². The Bertz CT molecular complexity index is 1340. The Balaban J connectivity index is 1.27. The van der Waals surface area contributed by atoms with E-state index in [4.69, 9.17) is 9.97 Å². The number of carbonyl (C=O) groups is 1. The van der Waals surface area contributed by atoms with Crippen LogP contribution in [0.1, 0.15) is 54.1 Å². The molecule has 2 aromatic heterocycles. The predicted molar refractivity (Wildman–Crippen MR) is 152 cm³/mol. The summed E-state index contributed by atoms with van der Waals surface area (Å²) in [5.74, 6) is 3.00. The van der Waals surface area contributed by atoms with Crippen molar-refractivity contribution >= 4 is 17.5 Å². The zero-order valence-corrected chi connectivity index (χ0v) is 23.1. The van der Waals surface area contributed by atoms with E-state index < -0.39 is 0 Å². The van der Waals surface area contributed by atoms with E-state index in [0.717, 1.165) is 87.0 Å². The van der Waals surface area contributed by atoms with Gasteiger partial charge in [-0.3, -0.25) is 4.79 Å². The van der Waals surface area contributed by atoms with Gasteiger partial charge in [-0.25, -0.2) is 9.97 Å². The molecule has 4 heterocycles. The van der Waals surface area contributed by atoms with Gasteiger partial charge >= 0.3 is 0 Å². The lowest BCUT2D eigenvalue weighted by atomic mass is 9.92. The molecule has 1 unspecified atom stereocenters. The minimum atomic E-state index is 0.0193. The molecule has 200 valence electrons. The van der Waals surface area contributed by atoms with E-state index in [1.165, 1.54) is 11.1 Å². The van der Waals surface area contributed by atoms with Gasteiger partial charge in [0.05, 0.1) is 0 Å². The number of piperazine rings is 1. The number of benzene rings is 1. The van der Waals surface area contributed by atoms with Crippen LogP contribution in [0.4, 0.5) is 11.6 Å². The number of aryl methyl sites for hydroxylation is 2. The Kier molecular flexibility index (Phi) is 6.60. The van der Waals surface area contributed by atoms with E-state index in [0.29, 0.717) is 17.8 Å². The van der Waals surface area contributed by atoms with Gasteiger partial charge in [-0.05, 0) is 62.1 Å². The zero-order chi connectivity index (χ0) is 26.4. The lowest BCUT2D eigenvalue weighted by Gasteiger charge is -2.37. The SMILES string of the molecule is CCc1nc(N2CCN(C)CC2)cc(N2Cc3cc(-c4cc(C(=O)NC5CC5)n(C)c4)ccc3CC2C)n1. The summed E-state index contributed by atoms with van der Waals surface area (Å²) in [6, 6.07) is 11.7. The fourth-order valence-corrected chi connectivity index (χ4v) is 5.63. The summed E-state index contributed by atoms with van der Waals surface area (Å²) in [5.41, 5.74) is 5.66. The van der Waals surface area contributed by atoms with Crippen molar-refractivity contribution in [2.45, 2.75) is 58.2 Å². The summed E-state index contributed by atoms with van der Waals surface area (Å²) in [5, 5.41) is 3.11. The number of rotatable bonds is 6. The number of aromatic nitrogens is 3. The molecule has 8 nitrogen and oxygen atoms in total. The summed E-state index contributed by atoms with van der Waals surface area (Å²) < 4.78 is 1.94. The van der Waals surface area contributed by atoms with Crippen molar-refractivity contribution in [3.63, 3.8) is 0 Å². The summed E-state index contributed by atoms with van der Waals surface area (Å²) >= 11 is 0. The fraction of sp³-hybridized carbons (Fsp3) is 0.500. The third-order valence-corrected chi connectivity index (χ3v) is 8.26. The number of carbonyl (C=O) groups excluding carboxylic acids is 1. The van der Waals surface area contributed by atoms with Crippen molar-refractivity contribution < 1.29 is 4.79 Å². The number of likely N-dealkylation sites (N-methyl/N-ethyl adjacent to an activating group) is 1. The van der Waals surface area contributed by atoms with Crippen LogP contribution in [0.15, 0.2) is 36.5 Å². The van der Waals surface area contributed by atoms with Crippen LogP contribution in [-0.2, 0) is 26.4 Å². The molecule has 8 heteroatoms. The van der Waals surface area contributed by atoms with Gasteiger partial charge in [-0.15, -0.1) is 0 Å². The van der Waals surface area contributed by atoms with E-state index in [9.17, 15) is 4.79 Å². The molecule has 0 spiro atoms. The van der Waals surface area contributed by atoms with E-state index in [1.807, 2.05) is 17.7 Å². The standard InChI is InChI=1S/C30H39N7O/c1-5-27-32-28(36-12-10-34(3)11-13-36)17-29(33-27)37-19-23-15-22(7-6-21(23)14-20(37)2)24-16-26(35(4)18-24)30(38)31-25-8-9-25/h6-7,15-18,20,25H,5,8-14,19H2,1-4H3,(H,31,38). The first-order valence-corrected chi connectivity index (χ1v) is 14.1. The molecule has 0 radical (unpaired) electrons. The third-order valence-electron chi connectivity index (χ3n) is 8.26. The smallest absolute Gasteiger partial charge is 0.268 e. The Hall–Kier alpha value is -3.39. The average Bonchev–Trinajstić information content (AvgIpc) is 3.65. The molecule has 1 aliphatic carbocycles. The molecule has 3 aromatic rings. The number of nitrogens with zero attached hydrogens (tertiary/aromatic N) is 6. The van der Waals surface area contributed by atoms with Crippen LogP contribution >= 0.6 is 0 Å². The van der Waals surface area contributed by atoms with Gasteiger partial charge in [-0.2, -0.15) is 0 Å². The van der Waals surface area contributed by atoms with Crippen LogP contribution < -0.4 is 15.1 Å². The Morgan fingerprint density at radius 3 is 2.47 bits per heavy atom. The maximum atomic E-state index is 12.7. The Morgan fingerprint density at radius 1 is 0.974 bits per heavy atom. The Labute approximate surface area is 225 Å². The number of hydrogen-bond acceptors (Lipinski definition) is 6. The molecular weight excluding hydrogens is 474 g/mol. The van der Waals surface area contributed by atoms with Crippen molar-refractivity contribution in [1.29, 1.82) is 0 Å². The van der Waals surface area contributed by atoms with Gasteiger partial charge < -0.3 is 24.6 Å². The van der Waals surface area contributed by atoms with Crippen LogP contribution in [0.2, 0.25) is 0 Å². The molecule has 1 saturated heterocycles. The monoisotopic (exact) mass is 513 g/mol. The van der Waals surface area contributed by atoms with Gasteiger partial charge in [0.15, 0.2) is 0 Å². The lowest BCUT2D eigenvalue weighted by molar-refractivity contribution is 0.0943. The number of fused-ring (bicyclic) bond motifs is 1. The largest absolute Gasteiger partial charge is 0.354 e. The molecule has 2 fully saturated rings. The van der Waals surface area contributed by atoms with E-state index in [-0.39, 0.29) is 5.91 Å². The van der Waals surface area contributed by atoms with Gasteiger partial charge in [0.25, 0.3) is 5.91 Å². The molecule has 2 aliphatic heterocycles. The number of nitrogens with one attached hydrogen (secondary N) is 1. The second-order valence-corrected chi connectivity index (χ2v) is 11.3. The molecule has 38 heavy (non-hydrogen) atoms. The first-order chi connectivity index (χ1) is 18.4. The minimum absolute atomic E-state index is 0.0193. The molecular formula is C30H39N7O. The topological polar surface area (TPSA) is 69.5 Å². The van der Waals surface area contributed by atoms with Crippen LogP contribution in [0.3, 0.4) is 0 Å². The highest BCUT2D eigenvalue weighted by molar-refractivity contribution is 5.94. The maximum Gasteiger partial charge on any atom is 0.268 e. The molecule has 6 rings (SSSR count). The van der Waals surface area contributed by atoms with Crippen molar-refractivity contribution in [2.75, 3.05) is 43.0 Å². The summed E-state index contributed by atoms with van der Waals surface area (Å²) in [7, 11) is 4.13. The normalized spacial score (nSPS) is 19.9. The molecule has 3 aliphatic rings. The van der Waals surface area contributed by atoms with Crippen molar-refractivity contribution in [1.82, 2.24) is 24.8 Å². The maximum absolute atomic E-state index is 12.7. The highest BCUT2D eigenvalue weighted by atomic mass is 16.2. The molecule has 0 bridgehead atoms. The highest BCUT2D eigenvalue weighted by Gasteiger charge is 2.28. The van der Waals surface area contributed by atoms with Crippen LogP contribution in [-0.4, -0.2) is 70.7 Å². The molecule has 1 amide bonds. The van der Waals surface area contributed by atoms with Gasteiger partial charge in [0.2, 0.25) is 0 Å². The first kappa shape index (κ1) is 24.9. The van der Waals surface area contributed by atoms with E-state index >= 15 is 0 Å². The van der Waals surface area contributed by atoms with Crippen molar-refractivity contribution in [2.24, 2.45) is 7.05 Å². The number of hydrogen-bond donors (Lipinski definition) is 1. The Morgan fingerprint density at radius 2 is 1.74 bits per heavy atom. The predicted octanol–water partition coefficient (Wildman–Crippen LogP) is 3.64. The summed E-state index contributed by atoms with van der Waals surface area (Å²) in [4.78, 5) is 29.8. The van der Waals surface area contributed by atoms with Crippen LogP contribution in [0, 0.1) is 0 Å². The molecule has 1 saturated carbocycles. The van der Waals surface area contributed by atoms with Crippen LogP contribution in [0.5, 0.6) is 0 Å². The van der Waals surface area contributed by atoms with Crippen molar-refractivity contribution in [3.8, 4) is 11.1 Å². The van der Waals surface area contributed by atoms with Crippen molar-refractivity contribution in [3.05, 3.63) is 59.2 Å². The summed E-state index contributed by atoms with van der Waals surface area (Å²) in [6.07, 6.45) is 6.04. The number of anilines is 2. The fourth-order valence-electron chi connectivity index (χ4n) is 5.63. The lowest BCUT2D eigenvalue weighted by Crippen LogP contribution is -2.45. The molecule has 1 atom stereocenters. The minimum Gasteiger partial charge on any atom is -0.354 e. The quantitative estimate of drug-likeness (QED) is 0.543. The third kappa shape index (κ3) is 5.01. The molecule has 1 aromatic carbocycles. The van der Waals surface area contributed by atoms with E-state index in [1.54, 1.807) is 0 Å². The molecule has 1 N–H and O–H groups in total. The summed E-state index contributed by atoms with van der Waals surface area (Å²) in [6.45, 7) is 9.34. The second kappa shape index (κ2) is 10.1. The van der Waals surface area contributed by atoms with Gasteiger partial charge in [0, 0.05) is 76.1 Å². The van der Waals surface area contributed by atoms with Gasteiger partial charge in [-0.1, -0.05) is 19.1 Å². The second-order valence-electron chi connectivity index (χ2n) is 11.3. The highest BCUT2D eigenvalue weighted by Crippen LogP contribution is 2.33. The van der Waals surface area contributed by atoms with Crippen LogP contribution in [0.25, 0.3) is 11.1 Å². The zero-order valence-electron chi connectivity index (χ0n) is 23.1. The van der Waals surface area contributed by atoms with Gasteiger partial charge in [0.1, 0.15) is 23.2 Å². The average molecular weight is 514 g/mol.